The highest BCUT2D eigenvalue weighted by Crippen LogP contribution is 2.47. The molecule has 7 nitrogen and oxygen atoms in total. The number of hydrazine groups is 1. The molecule has 202 valence electrons. The third-order valence-electron chi connectivity index (χ3n) is 7.24. The van der Waals surface area contributed by atoms with E-state index in [9.17, 15) is 4.79 Å². The smallest absolute Gasteiger partial charge is 0.340 e. The Morgan fingerprint density at radius 1 is 0.923 bits per heavy atom. The van der Waals surface area contributed by atoms with Crippen LogP contribution in [0.2, 0.25) is 0 Å². The van der Waals surface area contributed by atoms with E-state index in [1.807, 2.05) is 56.3 Å². The van der Waals surface area contributed by atoms with Crippen LogP contribution in [0.5, 0.6) is 17.2 Å². The van der Waals surface area contributed by atoms with E-state index in [0.29, 0.717) is 12.3 Å². The van der Waals surface area contributed by atoms with Crippen LogP contribution in [0.15, 0.2) is 60.7 Å². The van der Waals surface area contributed by atoms with Crippen LogP contribution in [0, 0.1) is 0 Å². The van der Waals surface area contributed by atoms with Crippen LogP contribution < -0.4 is 25.0 Å². The fraction of sp³-hybridized carbons (Fsp3) is 0.344. The lowest BCUT2D eigenvalue weighted by Gasteiger charge is -2.20. The Balaban J connectivity index is 1.32. The number of hydrogen-bond donors (Lipinski definition) is 2. The van der Waals surface area contributed by atoms with Gasteiger partial charge in [0.25, 0.3) is 0 Å². The molecule has 2 N–H and O–H groups in total. The van der Waals surface area contributed by atoms with E-state index < -0.39 is 5.79 Å². The summed E-state index contributed by atoms with van der Waals surface area (Å²) in [6.45, 7) is 12.7. The maximum Gasteiger partial charge on any atom is 0.340 e. The van der Waals surface area contributed by atoms with E-state index in [0.717, 1.165) is 57.1 Å². The molecule has 0 fully saturated rings. The van der Waals surface area contributed by atoms with Crippen LogP contribution in [0.4, 0.5) is 10.5 Å². The molecule has 7 heteroatoms. The zero-order valence-electron chi connectivity index (χ0n) is 23.3. The number of carbonyl (C=O) groups is 1. The Morgan fingerprint density at radius 3 is 2.44 bits per heavy atom. The largest absolute Gasteiger partial charge is 0.487 e. The molecule has 3 aromatic carbocycles. The van der Waals surface area contributed by atoms with Gasteiger partial charge >= 0.3 is 6.03 Å². The number of fused-ring (bicyclic) bond motifs is 2. The Morgan fingerprint density at radius 2 is 1.69 bits per heavy atom. The lowest BCUT2D eigenvalue weighted by atomic mass is 9.95. The SMILES string of the molecule is CC(C)c1cc(C2=C(c3ccccc3)CN(C(=O)Nc3ccc4c(c3)CC(C)(C)O4)N2)cc2c1OC(C)(C)O2. The number of amides is 2. The van der Waals surface area contributed by atoms with E-state index in [1.165, 1.54) is 0 Å². The van der Waals surface area contributed by atoms with Gasteiger partial charge in [0.2, 0.25) is 5.79 Å². The van der Waals surface area contributed by atoms with Crippen LogP contribution in [-0.2, 0) is 6.42 Å². The van der Waals surface area contributed by atoms with Crippen molar-refractivity contribution in [3.8, 4) is 17.2 Å². The number of ether oxygens (including phenoxy) is 3. The van der Waals surface area contributed by atoms with Crippen molar-refractivity contribution in [3.05, 3.63) is 82.9 Å². The minimum absolute atomic E-state index is 0.228. The van der Waals surface area contributed by atoms with Crippen molar-refractivity contribution in [3.63, 3.8) is 0 Å². The Bertz CT molecular complexity index is 1490. The number of nitrogens with zero attached hydrogens (tertiary/aromatic N) is 1. The van der Waals surface area contributed by atoms with Gasteiger partial charge in [0.05, 0.1) is 12.2 Å². The first kappa shape index (κ1) is 25.2. The predicted octanol–water partition coefficient (Wildman–Crippen LogP) is 6.95. The molecule has 0 saturated carbocycles. The summed E-state index contributed by atoms with van der Waals surface area (Å²) in [5.74, 6) is 1.88. The molecule has 3 aromatic rings. The third kappa shape index (κ3) is 4.78. The maximum absolute atomic E-state index is 13.5. The van der Waals surface area contributed by atoms with E-state index in [2.05, 4.69) is 56.6 Å². The molecule has 3 aliphatic rings. The first-order valence-electron chi connectivity index (χ1n) is 13.5. The van der Waals surface area contributed by atoms with Crippen molar-refractivity contribution in [1.82, 2.24) is 10.4 Å². The molecule has 39 heavy (non-hydrogen) atoms. The van der Waals surface area contributed by atoms with Crippen molar-refractivity contribution in [2.45, 2.75) is 65.3 Å². The molecule has 3 heterocycles. The molecule has 0 saturated heterocycles. The Hall–Kier alpha value is -4.13. The number of carbonyl (C=O) groups excluding carboxylic acids is 1. The molecule has 0 aliphatic carbocycles. The highest BCUT2D eigenvalue weighted by molar-refractivity contribution is 5.99. The van der Waals surface area contributed by atoms with Gasteiger partial charge in [0.15, 0.2) is 11.5 Å². The Labute approximate surface area is 229 Å². The predicted molar refractivity (Wildman–Crippen MR) is 153 cm³/mol. The van der Waals surface area contributed by atoms with Crippen molar-refractivity contribution in [1.29, 1.82) is 0 Å². The van der Waals surface area contributed by atoms with E-state index in [-0.39, 0.29) is 17.6 Å². The van der Waals surface area contributed by atoms with Gasteiger partial charge in [-0.25, -0.2) is 9.80 Å². The lowest BCUT2D eigenvalue weighted by Crippen LogP contribution is -2.40. The van der Waals surface area contributed by atoms with Gasteiger partial charge in [-0.05, 0) is 55.7 Å². The molecule has 0 radical (unpaired) electrons. The minimum atomic E-state index is -0.730. The second-order valence-corrected chi connectivity index (χ2v) is 11.9. The quantitative estimate of drug-likeness (QED) is 0.386. The second kappa shape index (κ2) is 8.97. The molecule has 3 aliphatic heterocycles. The molecular formula is C32H35N3O4. The monoisotopic (exact) mass is 525 g/mol. The fourth-order valence-corrected chi connectivity index (χ4v) is 5.51. The first-order valence-corrected chi connectivity index (χ1v) is 13.5. The summed E-state index contributed by atoms with van der Waals surface area (Å²) in [5, 5.41) is 4.68. The molecule has 0 aromatic heterocycles. The zero-order chi connectivity index (χ0) is 27.5. The molecule has 0 spiro atoms. The van der Waals surface area contributed by atoms with Crippen molar-refractivity contribution >= 4 is 23.0 Å². The van der Waals surface area contributed by atoms with Crippen LogP contribution in [0.3, 0.4) is 0 Å². The standard InChI is InChI=1S/C32H35N3O4/c1-19(2)24-15-21(16-27-29(24)39-32(5,6)38-27)28-25(20-10-8-7-9-11-20)18-35(34-28)30(36)33-23-12-13-26-22(14-23)17-31(3,4)37-26/h7-16,19,34H,17-18H2,1-6H3,(H,33,36). The van der Waals surface area contributed by atoms with Gasteiger partial charge in [-0.3, -0.25) is 5.43 Å². The molecular weight excluding hydrogens is 490 g/mol. The van der Waals surface area contributed by atoms with E-state index >= 15 is 0 Å². The number of hydrogen-bond acceptors (Lipinski definition) is 5. The average molecular weight is 526 g/mol. The van der Waals surface area contributed by atoms with Crippen molar-refractivity contribution in [2.75, 3.05) is 11.9 Å². The van der Waals surface area contributed by atoms with Gasteiger partial charge in [-0.1, -0.05) is 44.2 Å². The van der Waals surface area contributed by atoms with Crippen LogP contribution in [0.25, 0.3) is 11.3 Å². The normalized spacial score (nSPS) is 18.2. The molecule has 2 amide bonds. The fourth-order valence-electron chi connectivity index (χ4n) is 5.51. The molecule has 0 unspecified atom stereocenters. The summed E-state index contributed by atoms with van der Waals surface area (Å²) >= 11 is 0. The number of benzene rings is 3. The number of anilines is 1. The summed E-state index contributed by atoms with van der Waals surface area (Å²) in [5.41, 5.74) is 9.98. The van der Waals surface area contributed by atoms with E-state index in [4.69, 9.17) is 14.2 Å². The number of urea groups is 1. The highest BCUT2D eigenvalue weighted by Gasteiger charge is 2.36. The summed E-state index contributed by atoms with van der Waals surface area (Å²) in [6, 6.07) is 19.9. The van der Waals surface area contributed by atoms with Crippen molar-refractivity contribution < 1.29 is 19.0 Å². The topological polar surface area (TPSA) is 72.1 Å². The van der Waals surface area contributed by atoms with Gasteiger partial charge in [-0.2, -0.15) is 0 Å². The summed E-state index contributed by atoms with van der Waals surface area (Å²) < 4.78 is 18.3. The molecule has 0 bridgehead atoms. The summed E-state index contributed by atoms with van der Waals surface area (Å²) in [4.78, 5) is 13.5. The number of nitrogens with one attached hydrogen (secondary N) is 2. The lowest BCUT2D eigenvalue weighted by molar-refractivity contribution is -0.0435. The van der Waals surface area contributed by atoms with Gasteiger partial charge < -0.3 is 19.5 Å². The first-order chi connectivity index (χ1) is 18.5. The minimum Gasteiger partial charge on any atom is -0.487 e. The van der Waals surface area contributed by atoms with Gasteiger partial charge in [-0.15, -0.1) is 0 Å². The number of rotatable bonds is 4. The molecule has 6 rings (SSSR count). The van der Waals surface area contributed by atoms with Crippen LogP contribution in [0.1, 0.15) is 69.7 Å². The Kier molecular flexibility index (Phi) is 5.79. The van der Waals surface area contributed by atoms with Gasteiger partial charge in [0, 0.05) is 48.2 Å². The third-order valence-corrected chi connectivity index (χ3v) is 7.24. The average Bonchev–Trinajstić information content (AvgIpc) is 3.54. The van der Waals surface area contributed by atoms with Crippen LogP contribution in [-0.4, -0.2) is 29.0 Å². The van der Waals surface area contributed by atoms with Crippen molar-refractivity contribution in [2.24, 2.45) is 0 Å². The second-order valence-electron chi connectivity index (χ2n) is 11.9. The van der Waals surface area contributed by atoms with Crippen LogP contribution >= 0.6 is 0 Å². The summed E-state index contributed by atoms with van der Waals surface area (Å²) in [6.07, 6.45) is 0.803. The van der Waals surface area contributed by atoms with E-state index in [1.54, 1.807) is 5.01 Å². The molecule has 0 atom stereocenters. The van der Waals surface area contributed by atoms with Gasteiger partial charge in [0.1, 0.15) is 11.4 Å². The maximum atomic E-state index is 13.5. The summed E-state index contributed by atoms with van der Waals surface area (Å²) in [7, 11) is 0. The highest BCUT2D eigenvalue weighted by atomic mass is 16.7. The zero-order valence-corrected chi connectivity index (χ0v) is 23.3.